The molecule has 1 aliphatic carbocycles. The Labute approximate surface area is 187 Å². The van der Waals surface area contributed by atoms with Gasteiger partial charge < -0.3 is 19.7 Å². The first-order valence-electron chi connectivity index (χ1n) is 10.3. The van der Waals surface area contributed by atoms with Crippen LogP contribution >= 0.6 is 0 Å². The highest BCUT2D eigenvalue weighted by Crippen LogP contribution is 2.29. The van der Waals surface area contributed by atoms with E-state index in [1.165, 1.54) is 19.3 Å². The molecule has 1 aliphatic rings. The molecule has 0 spiro atoms. The summed E-state index contributed by atoms with van der Waals surface area (Å²) in [4.78, 5) is 34.9. The highest BCUT2D eigenvalue weighted by molar-refractivity contribution is 5.94. The van der Waals surface area contributed by atoms with Crippen molar-refractivity contribution in [2.75, 3.05) is 7.11 Å². The number of aliphatic hydroxyl groups is 2. The second-order valence-corrected chi connectivity index (χ2v) is 7.63. The van der Waals surface area contributed by atoms with Gasteiger partial charge in [-0.05, 0) is 41.8 Å². The Morgan fingerprint density at radius 2 is 1.97 bits per heavy atom. The van der Waals surface area contributed by atoms with Crippen LogP contribution in [-0.2, 0) is 14.4 Å². The molecular formula is C25H28O7. The van der Waals surface area contributed by atoms with Crippen LogP contribution in [0.25, 0.3) is 6.08 Å². The van der Waals surface area contributed by atoms with Crippen molar-refractivity contribution in [3.05, 3.63) is 65.3 Å². The smallest absolute Gasteiger partial charge is 0.313 e. The topological polar surface area (TPSA) is 110 Å². The van der Waals surface area contributed by atoms with Gasteiger partial charge in [-0.15, -0.1) is 0 Å². The van der Waals surface area contributed by atoms with Gasteiger partial charge in [0.25, 0.3) is 0 Å². The van der Waals surface area contributed by atoms with Crippen LogP contribution in [0, 0.1) is 5.92 Å². The lowest BCUT2D eigenvalue weighted by Crippen LogP contribution is -2.15. The van der Waals surface area contributed by atoms with Crippen molar-refractivity contribution < 1.29 is 34.1 Å². The number of hydrogen-bond donors (Lipinski definition) is 2. The Morgan fingerprint density at radius 1 is 1.22 bits per heavy atom. The maximum Gasteiger partial charge on any atom is 0.313 e. The van der Waals surface area contributed by atoms with Gasteiger partial charge in [0.05, 0.1) is 25.2 Å². The van der Waals surface area contributed by atoms with E-state index in [1.807, 2.05) is 0 Å². The number of aliphatic hydroxyl groups excluding tert-OH is 2. The minimum Gasteiger partial charge on any atom is -0.493 e. The van der Waals surface area contributed by atoms with E-state index in [4.69, 9.17) is 9.47 Å². The molecule has 0 heterocycles. The molecule has 2 N–H and O–H groups in total. The van der Waals surface area contributed by atoms with Crippen LogP contribution in [0.3, 0.4) is 0 Å². The predicted molar refractivity (Wildman–Crippen MR) is 120 cm³/mol. The molecule has 7 nitrogen and oxygen atoms in total. The Kier molecular flexibility index (Phi) is 9.31. The average Bonchev–Trinajstić information content (AvgIpc) is 2.77. The molecule has 32 heavy (non-hydrogen) atoms. The van der Waals surface area contributed by atoms with E-state index < -0.39 is 12.2 Å². The summed E-state index contributed by atoms with van der Waals surface area (Å²) in [5, 5.41) is 19.7. The second kappa shape index (κ2) is 11.9. The number of esters is 1. The fourth-order valence-electron chi connectivity index (χ4n) is 2.81. The van der Waals surface area contributed by atoms with Crippen LogP contribution in [0.2, 0.25) is 0 Å². The predicted octanol–water partition coefficient (Wildman–Crippen LogP) is 2.96. The summed E-state index contributed by atoms with van der Waals surface area (Å²) in [6.07, 6.45) is 8.30. The van der Waals surface area contributed by atoms with Crippen molar-refractivity contribution in [1.29, 1.82) is 0 Å². The van der Waals surface area contributed by atoms with E-state index in [-0.39, 0.29) is 29.7 Å². The van der Waals surface area contributed by atoms with E-state index in [0.29, 0.717) is 35.3 Å². The molecule has 0 bridgehead atoms. The monoisotopic (exact) mass is 440 g/mol. The molecule has 2 atom stereocenters. The van der Waals surface area contributed by atoms with E-state index >= 15 is 0 Å². The highest BCUT2D eigenvalue weighted by Gasteiger charge is 2.15. The molecule has 0 saturated heterocycles. The number of carbonyl (C=O) groups excluding carboxylic acids is 3. The Balaban J connectivity index is 1.96. The van der Waals surface area contributed by atoms with Crippen LogP contribution in [-0.4, -0.2) is 47.6 Å². The number of aldehydes is 1. The molecule has 1 aromatic carbocycles. The zero-order valence-electron chi connectivity index (χ0n) is 18.4. The molecule has 0 saturated carbocycles. The fraction of sp³-hybridized carbons (Fsp3) is 0.320. The average molecular weight is 440 g/mol. The number of carbonyl (C=O) groups is 3. The first kappa shape index (κ1) is 25.0. The summed E-state index contributed by atoms with van der Waals surface area (Å²) in [6.45, 7) is 3.47. The summed E-state index contributed by atoms with van der Waals surface area (Å²) in [5.41, 5.74) is 1.63. The molecule has 0 fully saturated rings. The van der Waals surface area contributed by atoms with Gasteiger partial charge in [0.2, 0.25) is 0 Å². The molecule has 1 aromatic rings. The molecule has 0 amide bonds. The number of rotatable bonds is 10. The summed E-state index contributed by atoms with van der Waals surface area (Å²) in [7, 11) is 1.46. The standard InChI is InChI=1S/C25H28O7/c1-16(2)25(30)32-23-11-7-18(13-24(23)31-3)5-9-21(28)14-20(27)8-4-17-6-10-22(29)19(12-17)15-26/h4-9,11-13,15-16,20,22,27,29H,10,14H2,1-3H3/b8-4-,9-5-. The summed E-state index contributed by atoms with van der Waals surface area (Å²) >= 11 is 0. The van der Waals surface area contributed by atoms with E-state index in [1.54, 1.807) is 56.4 Å². The van der Waals surface area contributed by atoms with E-state index in [0.717, 1.165) is 0 Å². The van der Waals surface area contributed by atoms with Crippen molar-refractivity contribution >= 4 is 24.1 Å². The fourth-order valence-corrected chi connectivity index (χ4v) is 2.81. The molecular weight excluding hydrogens is 412 g/mol. The van der Waals surface area contributed by atoms with Crippen LogP contribution in [0.15, 0.2) is 59.7 Å². The molecule has 2 unspecified atom stereocenters. The normalized spacial score (nSPS) is 17.2. The minimum absolute atomic E-state index is 0.117. The molecule has 0 aliphatic heterocycles. The van der Waals surface area contributed by atoms with Gasteiger partial charge in [0.1, 0.15) is 6.29 Å². The van der Waals surface area contributed by atoms with E-state index in [2.05, 4.69) is 0 Å². The Morgan fingerprint density at radius 3 is 2.62 bits per heavy atom. The van der Waals surface area contributed by atoms with Crippen molar-refractivity contribution in [3.63, 3.8) is 0 Å². The number of hydrogen-bond acceptors (Lipinski definition) is 7. The maximum atomic E-state index is 12.2. The van der Waals surface area contributed by atoms with Crippen LogP contribution < -0.4 is 9.47 Å². The third kappa shape index (κ3) is 7.44. The van der Waals surface area contributed by atoms with Gasteiger partial charge in [0, 0.05) is 12.0 Å². The van der Waals surface area contributed by atoms with Gasteiger partial charge in [-0.3, -0.25) is 14.4 Å². The van der Waals surface area contributed by atoms with Crippen molar-refractivity contribution in [3.8, 4) is 11.5 Å². The first-order chi connectivity index (χ1) is 15.2. The van der Waals surface area contributed by atoms with Crippen molar-refractivity contribution in [2.24, 2.45) is 5.92 Å². The Bertz CT molecular complexity index is 967. The summed E-state index contributed by atoms with van der Waals surface area (Å²) < 4.78 is 10.5. The minimum atomic E-state index is -1.000. The third-order valence-electron chi connectivity index (χ3n) is 4.68. The molecule has 0 aromatic heterocycles. The SMILES string of the molecule is COc1cc(/C=C\C(=O)CC(O)/C=C\C2=CCC(O)C(C=O)=C2)ccc1OC(=O)C(C)C. The number of methoxy groups -OCH3 is 1. The van der Waals surface area contributed by atoms with Gasteiger partial charge in [-0.1, -0.05) is 44.2 Å². The quantitative estimate of drug-likeness (QED) is 0.249. The van der Waals surface area contributed by atoms with E-state index in [9.17, 15) is 24.6 Å². The largest absolute Gasteiger partial charge is 0.493 e. The lowest BCUT2D eigenvalue weighted by molar-refractivity contribution is -0.137. The zero-order valence-corrected chi connectivity index (χ0v) is 18.4. The lowest BCUT2D eigenvalue weighted by atomic mass is 9.97. The van der Waals surface area contributed by atoms with Crippen LogP contribution in [0.4, 0.5) is 0 Å². The van der Waals surface area contributed by atoms with Crippen LogP contribution in [0.5, 0.6) is 11.5 Å². The highest BCUT2D eigenvalue weighted by atomic mass is 16.6. The van der Waals surface area contributed by atoms with Crippen molar-refractivity contribution in [1.82, 2.24) is 0 Å². The van der Waals surface area contributed by atoms with Gasteiger partial charge in [0.15, 0.2) is 17.3 Å². The maximum absolute atomic E-state index is 12.2. The van der Waals surface area contributed by atoms with Gasteiger partial charge >= 0.3 is 5.97 Å². The van der Waals surface area contributed by atoms with Gasteiger partial charge in [-0.25, -0.2) is 0 Å². The molecule has 7 heteroatoms. The number of benzene rings is 1. The summed E-state index contributed by atoms with van der Waals surface area (Å²) in [6, 6.07) is 4.92. The number of allylic oxidation sites excluding steroid dienone is 4. The zero-order chi connectivity index (χ0) is 23.7. The third-order valence-corrected chi connectivity index (χ3v) is 4.68. The van der Waals surface area contributed by atoms with Crippen LogP contribution in [0.1, 0.15) is 32.3 Å². The number of ether oxygens (including phenoxy) is 2. The Hall–Kier alpha value is -3.29. The number of ketones is 1. The van der Waals surface area contributed by atoms with Crippen molar-refractivity contribution in [2.45, 2.75) is 38.9 Å². The van der Waals surface area contributed by atoms with Gasteiger partial charge in [-0.2, -0.15) is 0 Å². The molecule has 0 radical (unpaired) electrons. The summed E-state index contributed by atoms with van der Waals surface area (Å²) in [5.74, 6) is -0.270. The molecule has 2 rings (SSSR count). The lowest BCUT2D eigenvalue weighted by Gasteiger charge is -2.13. The molecule has 170 valence electrons. The first-order valence-corrected chi connectivity index (χ1v) is 10.3. The second-order valence-electron chi connectivity index (χ2n) is 7.63.